The van der Waals surface area contributed by atoms with E-state index in [1.54, 1.807) is 6.92 Å². The smallest absolute Gasteiger partial charge is 0.165 e. The van der Waals surface area contributed by atoms with E-state index < -0.39 is 5.82 Å². The van der Waals surface area contributed by atoms with Crippen LogP contribution in [0.3, 0.4) is 0 Å². The van der Waals surface area contributed by atoms with Crippen LogP contribution in [0.25, 0.3) is 21.9 Å². The number of phenols is 1. The maximum Gasteiger partial charge on any atom is 0.165 e. The number of benzene rings is 3. The van der Waals surface area contributed by atoms with Crippen LogP contribution in [0.1, 0.15) is 56.1 Å². The Morgan fingerprint density at radius 3 is 2.30 bits per heavy atom. The van der Waals surface area contributed by atoms with Crippen LogP contribution in [-0.2, 0) is 0 Å². The van der Waals surface area contributed by atoms with E-state index in [2.05, 4.69) is 37.3 Å². The minimum atomic E-state index is -0.567. The molecule has 1 N–H and O–H groups in total. The zero-order valence-electron chi connectivity index (χ0n) is 16.1. The monoisotopic (exact) mass is 362 g/mol. The van der Waals surface area contributed by atoms with Gasteiger partial charge in [-0.15, -0.1) is 0 Å². The summed E-state index contributed by atoms with van der Waals surface area (Å²) in [6, 6.07) is 16.3. The van der Waals surface area contributed by atoms with E-state index in [9.17, 15) is 9.50 Å². The van der Waals surface area contributed by atoms with Gasteiger partial charge in [0.2, 0.25) is 0 Å². The van der Waals surface area contributed by atoms with Crippen molar-refractivity contribution in [1.29, 1.82) is 0 Å². The molecule has 1 aliphatic carbocycles. The second-order valence-corrected chi connectivity index (χ2v) is 8.07. The first-order valence-corrected chi connectivity index (χ1v) is 10.1. The van der Waals surface area contributed by atoms with Gasteiger partial charge in [-0.25, -0.2) is 4.39 Å². The maximum atomic E-state index is 13.9. The van der Waals surface area contributed by atoms with Gasteiger partial charge >= 0.3 is 0 Å². The third-order valence-electron chi connectivity index (χ3n) is 6.35. The van der Waals surface area contributed by atoms with E-state index in [0.29, 0.717) is 11.5 Å². The lowest BCUT2D eigenvalue weighted by molar-refractivity contribution is 0.319. The highest BCUT2D eigenvalue weighted by atomic mass is 19.1. The normalized spacial score (nSPS) is 20.1. The Kier molecular flexibility index (Phi) is 4.90. The van der Waals surface area contributed by atoms with Gasteiger partial charge < -0.3 is 5.11 Å². The SMILES string of the molecule is CCC1CCC(c2ccc3cc(-c4cc(C)c(O)c(F)c4)ccc3c2)CC1. The number of phenolic OH excluding ortho intramolecular Hbond substituents is 1. The molecule has 3 aromatic rings. The average molecular weight is 362 g/mol. The number of halogens is 1. The van der Waals surface area contributed by atoms with E-state index in [1.807, 2.05) is 12.1 Å². The molecule has 1 saturated carbocycles. The molecule has 2 heteroatoms. The molecular weight excluding hydrogens is 335 g/mol. The summed E-state index contributed by atoms with van der Waals surface area (Å²) < 4.78 is 13.9. The Labute approximate surface area is 160 Å². The van der Waals surface area contributed by atoms with Crippen molar-refractivity contribution in [1.82, 2.24) is 0 Å². The molecule has 0 amide bonds. The van der Waals surface area contributed by atoms with E-state index in [1.165, 1.54) is 54.5 Å². The molecule has 0 aromatic heterocycles. The zero-order chi connectivity index (χ0) is 19.0. The van der Waals surface area contributed by atoms with Gasteiger partial charge in [-0.05, 0) is 95.7 Å². The molecule has 0 atom stereocenters. The van der Waals surface area contributed by atoms with E-state index in [-0.39, 0.29) is 5.75 Å². The van der Waals surface area contributed by atoms with Crippen LogP contribution in [0, 0.1) is 18.7 Å². The molecule has 1 aliphatic rings. The molecule has 3 aromatic carbocycles. The van der Waals surface area contributed by atoms with Crippen molar-refractivity contribution in [3.05, 3.63) is 65.5 Å². The fraction of sp³-hybridized carbons (Fsp3) is 0.360. The molecule has 140 valence electrons. The molecule has 1 nitrogen and oxygen atoms in total. The van der Waals surface area contributed by atoms with Crippen LogP contribution in [0.5, 0.6) is 5.75 Å². The highest BCUT2D eigenvalue weighted by Crippen LogP contribution is 2.38. The van der Waals surface area contributed by atoms with Gasteiger partial charge in [-0.2, -0.15) is 0 Å². The number of rotatable bonds is 3. The van der Waals surface area contributed by atoms with Crippen molar-refractivity contribution in [2.75, 3.05) is 0 Å². The van der Waals surface area contributed by atoms with Gasteiger partial charge in [0.1, 0.15) is 0 Å². The lowest BCUT2D eigenvalue weighted by atomic mass is 9.77. The molecule has 0 spiro atoms. The lowest BCUT2D eigenvalue weighted by Gasteiger charge is -2.28. The van der Waals surface area contributed by atoms with Gasteiger partial charge in [0.25, 0.3) is 0 Å². The van der Waals surface area contributed by atoms with Crippen molar-refractivity contribution in [3.63, 3.8) is 0 Å². The van der Waals surface area contributed by atoms with Gasteiger partial charge in [0, 0.05) is 0 Å². The van der Waals surface area contributed by atoms with E-state index >= 15 is 0 Å². The standard InChI is InChI=1S/C25H27FO/c1-3-17-4-6-18(7-5-17)19-8-9-21-14-22(11-10-20(21)13-19)23-12-16(2)25(27)24(26)15-23/h8-15,17-18,27H,3-7H2,1-2H3. The molecule has 4 rings (SSSR count). The number of fused-ring (bicyclic) bond motifs is 1. The number of hydrogen-bond donors (Lipinski definition) is 1. The molecule has 0 radical (unpaired) electrons. The number of aromatic hydroxyl groups is 1. The molecule has 0 aliphatic heterocycles. The van der Waals surface area contributed by atoms with Crippen LogP contribution in [0.2, 0.25) is 0 Å². The summed E-state index contributed by atoms with van der Waals surface area (Å²) in [5.41, 5.74) is 3.78. The average Bonchev–Trinajstić information content (AvgIpc) is 2.71. The summed E-state index contributed by atoms with van der Waals surface area (Å²) in [7, 11) is 0. The predicted octanol–water partition coefficient (Wildman–Crippen LogP) is 7.34. The van der Waals surface area contributed by atoms with Gasteiger partial charge in [-0.1, -0.05) is 43.7 Å². The van der Waals surface area contributed by atoms with E-state index in [0.717, 1.165) is 17.0 Å². The van der Waals surface area contributed by atoms with Crippen molar-refractivity contribution >= 4 is 10.8 Å². The third-order valence-corrected chi connectivity index (χ3v) is 6.35. The molecular formula is C25H27FO. The molecule has 0 bridgehead atoms. The van der Waals surface area contributed by atoms with Gasteiger partial charge in [-0.3, -0.25) is 0 Å². The third kappa shape index (κ3) is 3.58. The summed E-state index contributed by atoms with van der Waals surface area (Å²) in [6.45, 7) is 4.03. The van der Waals surface area contributed by atoms with Crippen LogP contribution in [-0.4, -0.2) is 5.11 Å². The summed E-state index contributed by atoms with van der Waals surface area (Å²) >= 11 is 0. The molecule has 27 heavy (non-hydrogen) atoms. The van der Waals surface area contributed by atoms with Crippen LogP contribution < -0.4 is 0 Å². The zero-order valence-corrected chi connectivity index (χ0v) is 16.1. The lowest BCUT2D eigenvalue weighted by Crippen LogP contribution is -2.12. The summed E-state index contributed by atoms with van der Waals surface area (Å²) in [4.78, 5) is 0. The van der Waals surface area contributed by atoms with Crippen LogP contribution >= 0.6 is 0 Å². The Morgan fingerprint density at radius 2 is 1.59 bits per heavy atom. The molecule has 0 heterocycles. The largest absolute Gasteiger partial charge is 0.505 e. The second-order valence-electron chi connectivity index (χ2n) is 8.07. The Bertz CT molecular complexity index is 944. The Balaban J connectivity index is 1.63. The maximum absolute atomic E-state index is 13.9. The fourth-order valence-electron chi connectivity index (χ4n) is 4.50. The first-order chi connectivity index (χ1) is 13.0. The summed E-state index contributed by atoms with van der Waals surface area (Å²) in [6.07, 6.45) is 6.61. The number of hydrogen-bond acceptors (Lipinski definition) is 1. The number of aryl methyl sites for hydroxylation is 1. The first kappa shape index (κ1) is 18.0. The highest BCUT2D eigenvalue weighted by Gasteiger charge is 2.21. The molecule has 0 saturated heterocycles. The second kappa shape index (κ2) is 7.34. The minimum absolute atomic E-state index is 0.262. The molecule has 0 unspecified atom stereocenters. The van der Waals surface area contributed by atoms with Crippen molar-refractivity contribution in [2.24, 2.45) is 5.92 Å². The first-order valence-electron chi connectivity index (χ1n) is 10.1. The minimum Gasteiger partial charge on any atom is -0.505 e. The van der Waals surface area contributed by atoms with Gasteiger partial charge in [0.05, 0.1) is 0 Å². The highest BCUT2D eigenvalue weighted by molar-refractivity contribution is 5.88. The van der Waals surface area contributed by atoms with Crippen molar-refractivity contribution < 1.29 is 9.50 Å². The van der Waals surface area contributed by atoms with E-state index in [4.69, 9.17) is 0 Å². The predicted molar refractivity (Wildman–Crippen MR) is 111 cm³/mol. The Hall–Kier alpha value is -2.35. The topological polar surface area (TPSA) is 20.2 Å². The van der Waals surface area contributed by atoms with Crippen molar-refractivity contribution in [3.8, 4) is 16.9 Å². The van der Waals surface area contributed by atoms with Crippen molar-refractivity contribution in [2.45, 2.75) is 51.9 Å². The van der Waals surface area contributed by atoms with Crippen LogP contribution in [0.4, 0.5) is 4.39 Å². The molecule has 1 fully saturated rings. The summed E-state index contributed by atoms with van der Waals surface area (Å²) in [5, 5.41) is 12.1. The quantitative estimate of drug-likeness (QED) is 0.516. The van der Waals surface area contributed by atoms with Crippen LogP contribution in [0.15, 0.2) is 48.5 Å². The Morgan fingerprint density at radius 1 is 0.889 bits per heavy atom. The van der Waals surface area contributed by atoms with Gasteiger partial charge in [0.15, 0.2) is 11.6 Å². The fourth-order valence-corrected chi connectivity index (χ4v) is 4.50. The summed E-state index contributed by atoms with van der Waals surface area (Å²) in [5.74, 6) is 0.772.